The van der Waals surface area contributed by atoms with Crippen LogP contribution in [0.2, 0.25) is 0 Å². The molecule has 0 saturated carbocycles. The summed E-state index contributed by atoms with van der Waals surface area (Å²) in [5.41, 5.74) is 1.97. The van der Waals surface area contributed by atoms with Gasteiger partial charge >= 0.3 is 0 Å². The summed E-state index contributed by atoms with van der Waals surface area (Å²) in [4.78, 5) is 15.3. The Morgan fingerprint density at radius 3 is 2.53 bits per heavy atom. The number of carbonyl (C=O) groups excluding carboxylic acids is 1. The van der Waals surface area contributed by atoms with Crippen molar-refractivity contribution in [1.29, 1.82) is 0 Å². The van der Waals surface area contributed by atoms with Gasteiger partial charge in [0, 0.05) is 24.7 Å². The molecule has 1 aliphatic rings. The topological polar surface area (TPSA) is 87.7 Å². The number of hydrogen-bond donors (Lipinski definition) is 2. The van der Waals surface area contributed by atoms with Crippen LogP contribution in [0.3, 0.4) is 0 Å². The minimum Gasteiger partial charge on any atom is -0.495 e. The number of benzene rings is 2. The molecule has 0 radical (unpaired) electrons. The van der Waals surface area contributed by atoms with Crippen molar-refractivity contribution in [3.63, 3.8) is 0 Å². The van der Waals surface area contributed by atoms with Crippen molar-refractivity contribution in [3.8, 4) is 5.75 Å². The highest BCUT2D eigenvalue weighted by Crippen LogP contribution is 2.28. The van der Waals surface area contributed by atoms with Gasteiger partial charge in [-0.25, -0.2) is 13.1 Å². The van der Waals surface area contributed by atoms with E-state index in [4.69, 9.17) is 4.74 Å². The van der Waals surface area contributed by atoms with Crippen LogP contribution in [0.5, 0.6) is 5.75 Å². The quantitative estimate of drug-likeness (QED) is 0.626. The van der Waals surface area contributed by atoms with Crippen LogP contribution in [0.25, 0.3) is 0 Å². The number of sulfonamides is 1. The Bertz CT molecular complexity index is 1040. The van der Waals surface area contributed by atoms with E-state index in [9.17, 15) is 13.2 Å². The highest BCUT2D eigenvalue weighted by atomic mass is 32.2. The first-order valence-electron chi connectivity index (χ1n) is 11.0. The van der Waals surface area contributed by atoms with Gasteiger partial charge in [-0.2, -0.15) is 0 Å². The lowest BCUT2D eigenvalue weighted by atomic mass is 9.99. The fourth-order valence-electron chi connectivity index (χ4n) is 3.97. The van der Waals surface area contributed by atoms with Gasteiger partial charge in [0.25, 0.3) is 5.91 Å². The lowest BCUT2D eigenvalue weighted by Crippen LogP contribution is -2.33. The number of piperidine rings is 1. The standard InChI is InChI=1S/C24H33N3O4S/c1-17(2)26-32(29,30)21-11-12-23(31-4)22(14-21)25-24(28)20-9-7-19(8-10-20)16-27-13-5-6-18(3)15-27/h7-12,14,17-18,26H,5-6,13,15-16H2,1-4H3,(H,25,28). The minimum absolute atomic E-state index is 0.0633. The maximum absolute atomic E-state index is 12.8. The van der Waals surface area contributed by atoms with Crippen LogP contribution in [-0.4, -0.2) is 45.5 Å². The number of nitrogens with one attached hydrogen (secondary N) is 2. The molecule has 0 bridgehead atoms. The number of likely N-dealkylation sites (tertiary alicyclic amines) is 1. The number of nitrogens with zero attached hydrogens (tertiary/aromatic N) is 1. The predicted molar refractivity (Wildman–Crippen MR) is 127 cm³/mol. The number of carbonyl (C=O) groups is 1. The Kier molecular flexibility index (Phi) is 7.92. The molecule has 0 aromatic heterocycles. The van der Waals surface area contributed by atoms with E-state index in [2.05, 4.69) is 21.9 Å². The molecular weight excluding hydrogens is 426 g/mol. The molecule has 0 spiro atoms. The van der Waals surface area contributed by atoms with Crippen LogP contribution in [0, 0.1) is 5.92 Å². The molecule has 1 heterocycles. The van der Waals surface area contributed by atoms with Crippen LogP contribution in [0.1, 0.15) is 49.5 Å². The Hall–Kier alpha value is -2.42. The van der Waals surface area contributed by atoms with E-state index in [0.717, 1.165) is 25.6 Å². The van der Waals surface area contributed by atoms with Crippen LogP contribution in [-0.2, 0) is 16.6 Å². The molecule has 2 N–H and O–H groups in total. The van der Waals surface area contributed by atoms with Gasteiger partial charge in [0.15, 0.2) is 0 Å². The molecular formula is C24H33N3O4S. The zero-order valence-electron chi connectivity index (χ0n) is 19.2. The third-order valence-corrected chi connectivity index (χ3v) is 7.14. The van der Waals surface area contributed by atoms with Gasteiger partial charge in [0.05, 0.1) is 17.7 Å². The lowest BCUT2D eigenvalue weighted by molar-refractivity contribution is 0.102. The Morgan fingerprint density at radius 2 is 1.91 bits per heavy atom. The summed E-state index contributed by atoms with van der Waals surface area (Å²) in [6.07, 6.45) is 2.51. The molecule has 8 heteroatoms. The van der Waals surface area contributed by atoms with Crippen LogP contribution < -0.4 is 14.8 Å². The maximum atomic E-state index is 12.8. The average molecular weight is 460 g/mol. The van der Waals surface area contributed by atoms with Crippen molar-refractivity contribution in [3.05, 3.63) is 53.6 Å². The highest BCUT2D eigenvalue weighted by molar-refractivity contribution is 7.89. The second-order valence-electron chi connectivity index (χ2n) is 8.77. The predicted octanol–water partition coefficient (Wildman–Crippen LogP) is 3.87. The first kappa shape index (κ1) is 24.2. The summed E-state index contributed by atoms with van der Waals surface area (Å²) < 4.78 is 32.9. The van der Waals surface area contributed by atoms with Gasteiger partial charge in [0.2, 0.25) is 10.0 Å². The third kappa shape index (κ3) is 6.31. The molecule has 1 amide bonds. The van der Waals surface area contributed by atoms with E-state index in [0.29, 0.717) is 17.0 Å². The van der Waals surface area contributed by atoms with E-state index in [1.807, 2.05) is 12.1 Å². The molecule has 3 rings (SSSR count). The van der Waals surface area contributed by atoms with Gasteiger partial charge in [-0.15, -0.1) is 0 Å². The Labute approximate surface area is 191 Å². The summed E-state index contributed by atoms with van der Waals surface area (Å²) in [6, 6.07) is 11.7. The zero-order valence-corrected chi connectivity index (χ0v) is 20.0. The number of methoxy groups -OCH3 is 1. The normalized spacial score (nSPS) is 17.3. The van der Waals surface area contributed by atoms with Crippen molar-refractivity contribution in [2.45, 2.75) is 51.1 Å². The number of anilines is 1. The van der Waals surface area contributed by atoms with E-state index in [-0.39, 0.29) is 16.8 Å². The van der Waals surface area contributed by atoms with Gasteiger partial charge in [-0.05, 0) is 75.0 Å². The van der Waals surface area contributed by atoms with E-state index >= 15 is 0 Å². The molecule has 174 valence electrons. The monoisotopic (exact) mass is 459 g/mol. The second-order valence-corrected chi connectivity index (χ2v) is 10.5. The first-order valence-corrected chi connectivity index (χ1v) is 12.5. The molecule has 7 nitrogen and oxygen atoms in total. The van der Waals surface area contributed by atoms with Crippen molar-refractivity contribution in [1.82, 2.24) is 9.62 Å². The van der Waals surface area contributed by atoms with Crippen LogP contribution in [0.4, 0.5) is 5.69 Å². The number of amides is 1. The molecule has 1 aliphatic heterocycles. The molecule has 0 aliphatic carbocycles. The molecule has 1 unspecified atom stereocenters. The average Bonchev–Trinajstić information content (AvgIpc) is 2.73. The van der Waals surface area contributed by atoms with Gasteiger partial charge < -0.3 is 10.1 Å². The van der Waals surface area contributed by atoms with Gasteiger partial charge in [0.1, 0.15) is 5.75 Å². The van der Waals surface area contributed by atoms with Crippen molar-refractivity contribution < 1.29 is 17.9 Å². The number of ether oxygens (including phenoxy) is 1. The van der Waals surface area contributed by atoms with Crippen molar-refractivity contribution in [2.75, 3.05) is 25.5 Å². The molecule has 1 atom stereocenters. The van der Waals surface area contributed by atoms with Gasteiger partial charge in [-0.3, -0.25) is 9.69 Å². The van der Waals surface area contributed by atoms with E-state index in [1.165, 1.54) is 43.7 Å². The number of hydrogen-bond acceptors (Lipinski definition) is 5. The zero-order chi connectivity index (χ0) is 23.3. The molecule has 32 heavy (non-hydrogen) atoms. The summed E-state index contributed by atoms with van der Waals surface area (Å²) >= 11 is 0. The first-order chi connectivity index (χ1) is 15.2. The van der Waals surface area contributed by atoms with Crippen LogP contribution >= 0.6 is 0 Å². The molecule has 2 aromatic carbocycles. The minimum atomic E-state index is -3.69. The van der Waals surface area contributed by atoms with E-state index in [1.54, 1.807) is 26.0 Å². The Morgan fingerprint density at radius 1 is 1.19 bits per heavy atom. The summed E-state index contributed by atoms with van der Waals surface area (Å²) in [5.74, 6) is 0.782. The fourth-order valence-corrected chi connectivity index (χ4v) is 5.25. The fraction of sp³-hybridized carbons (Fsp3) is 0.458. The second kappa shape index (κ2) is 10.5. The highest BCUT2D eigenvalue weighted by Gasteiger charge is 2.19. The SMILES string of the molecule is COc1ccc(S(=O)(=O)NC(C)C)cc1NC(=O)c1ccc(CN2CCCC(C)C2)cc1. The lowest BCUT2D eigenvalue weighted by Gasteiger charge is -2.30. The van der Waals surface area contributed by atoms with Gasteiger partial charge in [-0.1, -0.05) is 19.1 Å². The largest absolute Gasteiger partial charge is 0.495 e. The molecule has 1 saturated heterocycles. The molecule has 1 fully saturated rings. The summed E-state index contributed by atoms with van der Waals surface area (Å²) in [5, 5.41) is 2.78. The Balaban J connectivity index is 1.72. The number of rotatable bonds is 8. The third-order valence-electron chi connectivity index (χ3n) is 5.48. The summed E-state index contributed by atoms with van der Waals surface area (Å²) in [6.45, 7) is 8.87. The van der Waals surface area contributed by atoms with E-state index < -0.39 is 10.0 Å². The maximum Gasteiger partial charge on any atom is 0.255 e. The van der Waals surface area contributed by atoms with Crippen LogP contribution in [0.15, 0.2) is 47.4 Å². The van der Waals surface area contributed by atoms with Crippen molar-refractivity contribution in [2.24, 2.45) is 5.92 Å². The summed E-state index contributed by atoms with van der Waals surface area (Å²) in [7, 11) is -2.22. The van der Waals surface area contributed by atoms with Crippen molar-refractivity contribution >= 4 is 21.6 Å². The smallest absolute Gasteiger partial charge is 0.255 e. The molecule has 2 aromatic rings.